The van der Waals surface area contributed by atoms with Crippen LogP contribution in [0.2, 0.25) is 5.15 Å². The molecule has 0 bridgehead atoms. The maximum atomic E-state index is 12.3. The first kappa shape index (κ1) is 17.7. The highest BCUT2D eigenvalue weighted by atomic mass is 35.5. The lowest BCUT2D eigenvalue weighted by Crippen LogP contribution is -2.39. The second-order valence-corrected chi connectivity index (χ2v) is 5.87. The van der Waals surface area contributed by atoms with Crippen LogP contribution in [0.25, 0.3) is 0 Å². The summed E-state index contributed by atoms with van der Waals surface area (Å²) in [5.74, 6) is 0.425. The Kier molecular flexibility index (Phi) is 6.42. The predicted molar refractivity (Wildman–Crippen MR) is 86.0 cm³/mol. The van der Waals surface area contributed by atoms with Gasteiger partial charge in [-0.2, -0.15) is 0 Å². The third-order valence-electron chi connectivity index (χ3n) is 3.96. The molecule has 0 aliphatic heterocycles. The Morgan fingerprint density at radius 1 is 1.38 bits per heavy atom. The largest absolute Gasteiger partial charge is 0.396 e. The van der Waals surface area contributed by atoms with Gasteiger partial charge in [0.1, 0.15) is 11.0 Å². The molecule has 0 spiro atoms. The summed E-state index contributed by atoms with van der Waals surface area (Å²) in [6.07, 6.45) is 1.61. The lowest BCUT2D eigenvalue weighted by Gasteiger charge is -2.29. The average molecular weight is 314 g/mol. The van der Waals surface area contributed by atoms with Gasteiger partial charge < -0.3 is 15.3 Å². The van der Waals surface area contributed by atoms with E-state index >= 15 is 0 Å². The highest BCUT2D eigenvalue weighted by molar-refractivity contribution is 6.29. The Morgan fingerprint density at radius 2 is 2.00 bits per heavy atom. The minimum Gasteiger partial charge on any atom is -0.396 e. The third-order valence-corrected chi connectivity index (χ3v) is 4.15. The van der Waals surface area contributed by atoms with Crippen molar-refractivity contribution in [3.05, 3.63) is 22.8 Å². The van der Waals surface area contributed by atoms with Gasteiger partial charge in [0.2, 0.25) is 0 Å². The molecule has 0 saturated carbocycles. The minimum atomic E-state index is -0.267. The highest BCUT2D eigenvalue weighted by Gasteiger charge is 2.26. The molecular weight excluding hydrogens is 290 g/mol. The summed E-state index contributed by atoms with van der Waals surface area (Å²) in [6.45, 7) is 4.52. The van der Waals surface area contributed by atoms with Gasteiger partial charge in [0.05, 0.1) is 6.61 Å². The summed E-state index contributed by atoms with van der Waals surface area (Å²) < 4.78 is 0. The Hall–Kier alpha value is -1.33. The second kappa shape index (κ2) is 7.61. The lowest BCUT2D eigenvalue weighted by molar-refractivity contribution is 0.0851. The summed E-state index contributed by atoms with van der Waals surface area (Å²) in [7, 11) is 3.68. The van der Waals surface area contributed by atoms with Gasteiger partial charge >= 0.3 is 0 Å². The van der Waals surface area contributed by atoms with Gasteiger partial charge in [-0.3, -0.25) is 4.79 Å². The van der Waals surface area contributed by atoms with E-state index in [1.165, 1.54) is 0 Å². The van der Waals surface area contributed by atoms with Crippen molar-refractivity contribution in [2.24, 2.45) is 5.41 Å². The first-order valence-corrected chi connectivity index (χ1v) is 7.49. The number of hydrogen-bond acceptors (Lipinski definition) is 4. The molecule has 0 aliphatic carbocycles. The van der Waals surface area contributed by atoms with E-state index < -0.39 is 0 Å². The zero-order chi connectivity index (χ0) is 16.0. The van der Waals surface area contributed by atoms with E-state index in [9.17, 15) is 9.90 Å². The third kappa shape index (κ3) is 4.58. The topological polar surface area (TPSA) is 65.5 Å². The van der Waals surface area contributed by atoms with Gasteiger partial charge in [0.15, 0.2) is 0 Å². The van der Waals surface area contributed by atoms with Crippen LogP contribution in [-0.2, 0) is 0 Å². The maximum Gasteiger partial charge on any atom is 0.251 e. The quantitative estimate of drug-likeness (QED) is 0.758. The van der Waals surface area contributed by atoms with Crippen molar-refractivity contribution < 1.29 is 9.90 Å². The molecule has 6 heteroatoms. The smallest absolute Gasteiger partial charge is 0.251 e. The minimum absolute atomic E-state index is 0.0559. The fraction of sp³-hybridized carbons (Fsp3) is 0.600. The number of halogens is 1. The van der Waals surface area contributed by atoms with Gasteiger partial charge in [-0.1, -0.05) is 25.4 Å². The number of carbonyl (C=O) groups is 1. The number of carbonyl (C=O) groups excluding carboxylic acids is 1. The molecule has 0 aliphatic rings. The number of aromatic nitrogens is 1. The monoisotopic (exact) mass is 313 g/mol. The zero-order valence-electron chi connectivity index (χ0n) is 13.1. The lowest BCUT2D eigenvalue weighted by atomic mass is 9.83. The molecule has 0 saturated heterocycles. The van der Waals surface area contributed by atoms with E-state index in [0.717, 1.165) is 12.8 Å². The fourth-order valence-corrected chi connectivity index (χ4v) is 2.20. The van der Waals surface area contributed by atoms with Crippen LogP contribution in [0.15, 0.2) is 12.1 Å². The van der Waals surface area contributed by atoms with Gasteiger partial charge in [-0.25, -0.2) is 4.98 Å². The number of amides is 1. The first-order valence-electron chi connectivity index (χ1n) is 7.11. The van der Waals surface area contributed by atoms with Gasteiger partial charge in [-0.05, 0) is 25.0 Å². The maximum absolute atomic E-state index is 12.3. The number of nitrogens with one attached hydrogen (secondary N) is 1. The molecule has 1 aromatic heterocycles. The molecule has 1 amide bonds. The molecule has 5 nitrogen and oxygen atoms in total. The Balaban J connectivity index is 2.85. The summed E-state index contributed by atoms with van der Waals surface area (Å²) in [5, 5.41) is 12.7. The molecule has 1 aromatic rings. The van der Waals surface area contributed by atoms with Crippen LogP contribution in [0.3, 0.4) is 0 Å². The van der Waals surface area contributed by atoms with Gasteiger partial charge in [0, 0.05) is 31.6 Å². The van der Waals surface area contributed by atoms with E-state index in [2.05, 4.69) is 10.3 Å². The number of hydrogen-bond donors (Lipinski definition) is 2. The van der Waals surface area contributed by atoms with Crippen molar-refractivity contribution in [3.63, 3.8) is 0 Å². The molecule has 21 heavy (non-hydrogen) atoms. The fourth-order valence-electron chi connectivity index (χ4n) is 1.99. The van der Waals surface area contributed by atoms with Crippen molar-refractivity contribution in [1.29, 1.82) is 0 Å². The second-order valence-electron chi connectivity index (χ2n) is 5.48. The Bertz CT molecular complexity index is 480. The number of rotatable bonds is 7. The number of pyridine rings is 1. The van der Waals surface area contributed by atoms with E-state index in [4.69, 9.17) is 11.6 Å². The van der Waals surface area contributed by atoms with Gasteiger partial charge in [0.25, 0.3) is 5.91 Å². The molecule has 0 atom stereocenters. The van der Waals surface area contributed by atoms with Crippen LogP contribution in [0.4, 0.5) is 5.82 Å². The van der Waals surface area contributed by atoms with Gasteiger partial charge in [-0.15, -0.1) is 0 Å². The molecule has 1 heterocycles. The molecule has 0 aromatic carbocycles. The number of aliphatic hydroxyl groups is 1. The molecule has 0 fully saturated rings. The number of anilines is 1. The predicted octanol–water partition coefficient (Wildman–Crippen LogP) is 2.33. The van der Waals surface area contributed by atoms with E-state index in [1.54, 1.807) is 17.0 Å². The molecule has 1 rings (SSSR count). The van der Waals surface area contributed by atoms with E-state index in [0.29, 0.717) is 17.9 Å². The van der Waals surface area contributed by atoms with Crippen molar-refractivity contribution in [2.45, 2.75) is 26.7 Å². The Labute approximate surface area is 131 Å². The molecule has 2 N–H and O–H groups in total. The standard InChI is InChI=1S/C15H24ClN3O2/c1-5-15(6-2,10-20)9-17-14(21)11-7-12(16)18-13(8-11)19(3)4/h7-8,20H,5-6,9-10H2,1-4H3,(H,17,21). The number of aliphatic hydroxyl groups excluding tert-OH is 1. The van der Waals surface area contributed by atoms with Crippen molar-refractivity contribution in [3.8, 4) is 0 Å². The SMILES string of the molecule is CCC(CC)(CO)CNC(=O)c1cc(Cl)nc(N(C)C)c1. The summed E-state index contributed by atoms with van der Waals surface area (Å²) in [5.41, 5.74) is 0.203. The number of nitrogens with zero attached hydrogens (tertiary/aromatic N) is 2. The molecule has 118 valence electrons. The molecule has 0 radical (unpaired) electrons. The van der Waals surface area contributed by atoms with E-state index in [1.807, 2.05) is 27.9 Å². The zero-order valence-corrected chi connectivity index (χ0v) is 13.9. The highest BCUT2D eigenvalue weighted by Crippen LogP contribution is 2.24. The average Bonchev–Trinajstić information content (AvgIpc) is 2.48. The Morgan fingerprint density at radius 3 is 2.48 bits per heavy atom. The molecular formula is C15H24ClN3O2. The normalized spacial score (nSPS) is 11.3. The molecule has 0 unspecified atom stereocenters. The van der Waals surface area contributed by atoms with Crippen LogP contribution in [0.5, 0.6) is 0 Å². The summed E-state index contributed by atoms with van der Waals surface area (Å²) >= 11 is 5.95. The van der Waals surface area contributed by atoms with Crippen molar-refractivity contribution in [1.82, 2.24) is 10.3 Å². The van der Waals surface area contributed by atoms with Crippen LogP contribution in [0.1, 0.15) is 37.0 Å². The van der Waals surface area contributed by atoms with Crippen LogP contribution >= 0.6 is 11.6 Å². The van der Waals surface area contributed by atoms with Crippen LogP contribution in [-0.4, -0.2) is 43.2 Å². The van der Waals surface area contributed by atoms with Crippen LogP contribution < -0.4 is 10.2 Å². The first-order chi connectivity index (χ1) is 9.87. The van der Waals surface area contributed by atoms with Crippen molar-refractivity contribution >= 4 is 23.3 Å². The summed E-state index contributed by atoms with van der Waals surface area (Å²) in [6, 6.07) is 3.24. The summed E-state index contributed by atoms with van der Waals surface area (Å²) in [4.78, 5) is 18.2. The van der Waals surface area contributed by atoms with Crippen LogP contribution in [0, 0.1) is 5.41 Å². The van der Waals surface area contributed by atoms with Crippen molar-refractivity contribution in [2.75, 3.05) is 32.1 Å². The van der Waals surface area contributed by atoms with E-state index in [-0.39, 0.29) is 23.1 Å².